The standard InChI is InChI=1S/C15H25N3/c1-13(2)8-17-10-15-5-7-18(12-15)11-14-4-3-6-16-9-14/h3-4,6,9,13,15,17H,5,7-8,10-12H2,1-2H3. The Morgan fingerprint density at radius 2 is 2.39 bits per heavy atom. The minimum atomic E-state index is 0.748. The van der Waals surface area contributed by atoms with E-state index in [-0.39, 0.29) is 0 Å². The van der Waals surface area contributed by atoms with Crippen LogP contribution in [0.2, 0.25) is 0 Å². The maximum Gasteiger partial charge on any atom is 0.0312 e. The number of rotatable bonds is 6. The van der Waals surface area contributed by atoms with Gasteiger partial charge in [0.05, 0.1) is 0 Å². The zero-order chi connectivity index (χ0) is 12.8. The molecule has 1 atom stereocenters. The van der Waals surface area contributed by atoms with Crippen molar-refractivity contribution >= 4 is 0 Å². The molecular weight excluding hydrogens is 222 g/mol. The number of likely N-dealkylation sites (tertiary alicyclic amines) is 1. The first kappa shape index (κ1) is 13.5. The monoisotopic (exact) mass is 247 g/mol. The molecule has 1 aliphatic rings. The lowest BCUT2D eigenvalue weighted by Crippen LogP contribution is -2.28. The highest BCUT2D eigenvalue weighted by Crippen LogP contribution is 2.17. The Hall–Kier alpha value is -0.930. The average molecular weight is 247 g/mol. The lowest BCUT2D eigenvalue weighted by molar-refractivity contribution is 0.313. The second kappa shape index (κ2) is 6.86. The van der Waals surface area contributed by atoms with Gasteiger partial charge in [-0.15, -0.1) is 0 Å². The Bertz CT molecular complexity index is 337. The van der Waals surface area contributed by atoms with E-state index in [4.69, 9.17) is 0 Å². The lowest BCUT2D eigenvalue weighted by atomic mass is 10.1. The summed E-state index contributed by atoms with van der Waals surface area (Å²) in [6, 6.07) is 4.18. The normalized spacial score (nSPS) is 20.7. The van der Waals surface area contributed by atoms with Gasteiger partial charge in [-0.3, -0.25) is 9.88 Å². The summed E-state index contributed by atoms with van der Waals surface area (Å²) >= 11 is 0. The highest BCUT2D eigenvalue weighted by molar-refractivity contribution is 5.08. The van der Waals surface area contributed by atoms with Crippen LogP contribution in [-0.4, -0.2) is 36.1 Å². The predicted octanol–water partition coefficient (Wildman–Crippen LogP) is 2.15. The van der Waals surface area contributed by atoms with Gasteiger partial charge >= 0.3 is 0 Å². The van der Waals surface area contributed by atoms with Crippen LogP contribution >= 0.6 is 0 Å². The summed E-state index contributed by atoms with van der Waals surface area (Å²) < 4.78 is 0. The summed E-state index contributed by atoms with van der Waals surface area (Å²) in [4.78, 5) is 6.72. The predicted molar refractivity (Wildman–Crippen MR) is 75.3 cm³/mol. The van der Waals surface area contributed by atoms with Crippen molar-refractivity contribution in [3.8, 4) is 0 Å². The Kier molecular flexibility index (Phi) is 5.14. The molecule has 18 heavy (non-hydrogen) atoms. The molecule has 0 bridgehead atoms. The third-order valence-electron chi connectivity index (χ3n) is 3.48. The fourth-order valence-corrected chi connectivity index (χ4v) is 2.55. The van der Waals surface area contributed by atoms with Crippen LogP contribution in [-0.2, 0) is 6.54 Å². The van der Waals surface area contributed by atoms with Gasteiger partial charge in [0.25, 0.3) is 0 Å². The Balaban J connectivity index is 1.69. The van der Waals surface area contributed by atoms with Crippen molar-refractivity contribution < 1.29 is 0 Å². The third kappa shape index (κ3) is 4.39. The largest absolute Gasteiger partial charge is 0.316 e. The molecular formula is C15H25N3. The highest BCUT2D eigenvalue weighted by atomic mass is 15.1. The van der Waals surface area contributed by atoms with Gasteiger partial charge in [0, 0.05) is 25.5 Å². The highest BCUT2D eigenvalue weighted by Gasteiger charge is 2.21. The minimum Gasteiger partial charge on any atom is -0.316 e. The topological polar surface area (TPSA) is 28.2 Å². The molecule has 0 aliphatic carbocycles. The van der Waals surface area contributed by atoms with Crippen molar-refractivity contribution in [1.29, 1.82) is 0 Å². The van der Waals surface area contributed by atoms with Crippen molar-refractivity contribution in [2.45, 2.75) is 26.8 Å². The van der Waals surface area contributed by atoms with Gasteiger partial charge in [-0.05, 0) is 49.5 Å². The van der Waals surface area contributed by atoms with Gasteiger partial charge in [0.2, 0.25) is 0 Å². The number of nitrogens with zero attached hydrogens (tertiary/aromatic N) is 2. The smallest absolute Gasteiger partial charge is 0.0312 e. The molecule has 0 spiro atoms. The van der Waals surface area contributed by atoms with Crippen LogP contribution in [0, 0.1) is 11.8 Å². The molecule has 0 aromatic carbocycles. The summed E-state index contributed by atoms with van der Waals surface area (Å²) in [7, 11) is 0. The molecule has 1 saturated heterocycles. The fraction of sp³-hybridized carbons (Fsp3) is 0.667. The van der Waals surface area contributed by atoms with E-state index in [1.165, 1.54) is 31.6 Å². The maximum atomic E-state index is 4.18. The van der Waals surface area contributed by atoms with Gasteiger partial charge in [-0.25, -0.2) is 0 Å². The molecule has 0 amide bonds. The molecule has 1 unspecified atom stereocenters. The summed E-state index contributed by atoms with van der Waals surface area (Å²) in [5.41, 5.74) is 1.33. The van der Waals surface area contributed by atoms with E-state index in [1.807, 2.05) is 18.5 Å². The van der Waals surface area contributed by atoms with E-state index in [0.29, 0.717) is 0 Å². The third-order valence-corrected chi connectivity index (χ3v) is 3.48. The van der Waals surface area contributed by atoms with Crippen molar-refractivity contribution in [2.75, 3.05) is 26.2 Å². The fourth-order valence-electron chi connectivity index (χ4n) is 2.55. The summed E-state index contributed by atoms with van der Waals surface area (Å²) in [5.74, 6) is 1.57. The summed E-state index contributed by atoms with van der Waals surface area (Å²) in [6.07, 6.45) is 5.14. The molecule has 1 aromatic heterocycles. The van der Waals surface area contributed by atoms with Crippen LogP contribution in [0.3, 0.4) is 0 Å². The van der Waals surface area contributed by atoms with Gasteiger partial charge in [0.1, 0.15) is 0 Å². The lowest BCUT2D eigenvalue weighted by Gasteiger charge is -2.16. The second-order valence-corrected chi connectivity index (χ2v) is 5.80. The number of hydrogen-bond donors (Lipinski definition) is 1. The number of pyridine rings is 1. The quantitative estimate of drug-likeness (QED) is 0.835. The maximum absolute atomic E-state index is 4.18. The molecule has 3 heteroatoms. The van der Waals surface area contributed by atoms with Crippen LogP contribution in [0.5, 0.6) is 0 Å². The van der Waals surface area contributed by atoms with Crippen molar-refractivity contribution in [3.05, 3.63) is 30.1 Å². The van der Waals surface area contributed by atoms with Gasteiger partial charge < -0.3 is 5.32 Å². The zero-order valence-corrected chi connectivity index (χ0v) is 11.6. The van der Waals surface area contributed by atoms with Gasteiger partial charge in [-0.1, -0.05) is 19.9 Å². The first-order valence-corrected chi connectivity index (χ1v) is 7.06. The van der Waals surface area contributed by atoms with E-state index in [1.54, 1.807) is 0 Å². The molecule has 2 rings (SSSR count). The molecule has 2 heterocycles. The number of aromatic nitrogens is 1. The molecule has 1 aromatic rings. The van der Waals surface area contributed by atoms with Crippen LogP contribution in [0.15, 0.2) is 24.5 Å². The van der Waals surface area contributed by atoms with Crippen LogP contribution in [0.1, 0.15) is 25.8 Å². The van der Waals surface area contributed by atoms with Crippen molar-refractivity contribution in [1.82, 2.24) is 15.2 Å². The summed E-state index contributed by atoms with van der Waals surface area (Å²) in [5, 5.41) is 3.57. The number of nitrogens with one attached hydrogen (secondary N) is 1. The number of hydrogen-bond acceptors (Lipinski definition) is 3. The molecule has 1 N–H and O–H groups in total. The Morgan fingerprint density at radius 1 is 1.50 bits per heavy atom. The summed E-state index contributed by atoms with van der Waals surface area (Å²) in [6.45, 7) is 10.3. The first-order valence-electron chi connectivity index (χ1n) is 7.06. The SMILES string of the molecule is CC(C)CNCC1CCN(Cc2cccnc2)C1. The Morgan fingerprint density at radius 3 is 3.11 bits per heavy atom. The van der Waals surface area contributed by atoms with Crippen molar-refractivity contribution in [3.63, 3.8) is 0 Å². The average Bonchev–Trinajstić information content (AvgIpc) is 2.78. The molecule has 1 fully saturated rings. The van der Waals surface area contributed by atoms with Gasteiger partial charge in [-0.2, -0.15) is 0 Å². The first-order chi connectivity index (χ1) is 8.74. The molecule has 0 saturated carbocycles. The van der Waals surface area contributed by atoms with E-state index >= 15 is 0 Å². The van der Waals surface area contributed by atoms with Gasteiger partial charge in [0.15, 0.2) is 0 Å². The minimum absolute atomic E-state index is 0.748. The van der Waals surface area contributed by atoms with E-state index in [9.17, 15) is 0 Å². The molecule has 100 valence electrons. The zero-order valence-electron chi connectivity index (χ0n) is 11.6. The van der Waals surface area contributed by atoms with Crippen LogP contribution < -0.4 is 5.32 Å². The Labute approximate surface area is 111 Å². The van der Waals surface area contributed by atoms with E-state index < -0.39 is 0 Å². The molecule has 3 nitrogen and oxygen atoms in total. The molecule has 1 aliphatic heterocycles. The molecule has 0 radical (unpaired) electrons. The van der Waals surface area contributed by atoms with Crippen LogP contribution in [0.25, 0.3) is 0 Å². The van der Waals surface area contributed by atoms with Crippen LogP contribution in [0.4, 0.5) is 0 Å². The van der Waals surface area contributed by atoms with E-state index in [2.05, 4.69) is 35.1 Å². The van der Waals surface area contributed by atoms with E-state index in [0.717, 1.165) is 24.9 Å². The van der Waals surface area contributed by atoms with Crippen molar-refractivity contribution in [2.24, 2.45) is 11.8 Å². The second-order valence-electron chi connectivity index (χ2n) is 5.80.